The number of hydrogen-bond donors (Lipinski definition) is 1. The normalized spacial score (nSPS) is 11.1. The Hall–Kier alpha value is -3.94. The molecule has 1 aromatic carbocycles. The van der Waals surface area contributed by atoms with E-state index in [0.29, 0.717) is 5.82 Å². The van der Waals surface area contributed by atoms with E-state index in [0.717, 1.165) is 28.3 Å². The zero-order chi connectivity index (χ0) is 18.2. The van der Waals surface area contributed by atoms with Crippen molar-refractivity contribution in [3.05, 3.63) is 74.0 Å². The molecule has 0 aliphatic rings. The number of benzene rings is 1. The van der Waals surface area contributed by atoms with Crippen molar-refractivity contribution in [2.24, 2.45) is 7.05 Å². The Bertz CT molecular complexity index is 1200. The summed E-state index contributed by atoms with van der Waals surface area (Å²) in [6, 6.07) is 8.06. The molecule has 0 saturated heterocycles. The van der Waals surface area contributed by atoms with E-state index < -0.39 is 0 Å². The largest absolute Gasteiger partial charge is 0.337 e. The summed E-state index contributed by atoms with van der Waals surface area (Å²) in [4.78, 5) is 13.1. The summed E-state index contributed by atoms with van der Waals surface area (Å²) in [6.07, 6.45) is 14.7. The first-order chi connectivity index (χ1) is 13.3. The number of aromatic nitrogens is 7. The molecular formula is C19H16N8. The van der Waals surface area contributed by atoms with Gasteiger partial charge in [0.05, 0.1) is 24.4 Å². The second-order valence-corrected chi connectivity index (χ2v) is 6.16. The van der Waals surface area contributed by atoms with E-state index in [9.17, 15) is 0 Å². The Morgan fingerprint density at radius 1 is 0.963 bits per heavy atom. The van der Waals surface area contributed by atoms with Crippen LogP contribution >= 0.6 is 0 Å². The molecule has 27 heavy (non-hydrogen) atoms. The minimum Gasteiger partial charge on any atom is -0.337 e. The van der Waals surface area contributed by atoms with E-state index in [1.165, 1.54) is 0 Å². The summed E-state index contributed by atoms with van der Waals surface area (Å²) < 4.78 is 5.74. The summed E-state index contributed by atoms with van der Waals surface area (Å²) in [5.41, 5.74) is 4.72. The molecule has 0 saturated carbocycles. The van der Waals surface area contributed by atoms with Gasteiger partial charge in [-0.1, -0.05) is 0 Å². The molecule has 8 nitrogen and oxygen atoms in total. The quantitative estimate of drug-likeness (QED) is 0.535. The van der Waals surface area contributed by atoms with Crippen LogP contribution in [0.15, 0.2) is 74.0 Å². The average Bonchev–Trinajstić information content (AvgIpc) is 3.43. The van der Waals surface area contributed by atoms with Crippen LogP contribution in [0, 0.1) is 0 Å². The zero-order valence-electron chi connectivity index (χ0n) is 14.6. The average molecular weight is 356 g/mol. The highest BCUT2D eigenvalue weighted by atomic mass is 15.2. The monoisotopic (exact) mass is 356 g/mol. The number of nitrogens with zero attached hydrogens (tertiary/aromatic N) is 7. The molecule has 0 atom stereocenters. The van der Waals surface area contributed by atoms with Crippen LogP contribution in [0.2, 0.25) is 0 Å². The maximum atomic E-state index is 4.55. The van der Waals surface area contributed by atoms with E-state index in [4.69, 9.17) is 0 Å². The number of imidazole rings is 2. The Kier molecular flexibility index (Phi) is 3.46. The number of anilines is 2. The van der Waals surface area contributed by atoms with Crippen LogP contribution in [0.3, 0.4) is 0 Å². The molecule has 4 aromatic heterocycles. The SMILES string of the molecule is Cn1cc(-c2cnc3c(Nc4ccc(-n5ccnc5)cc4)nccn23)cn1. The van der Waals surface area contributed by atoms with E-state index in [1.54, 1.807) is 23.4 Å². The van der Waals surface area contributed by atoms with Crippen LogP contribution in [0.5, 0.6) is 0 Å². The lowest BCUT2D eigenvalue weighted by Crippen LogP contribution is -1.99. The molecule has 0 spiro atoms. The first-order valence-corrected chi connectivity index (χ1v) is 8.44. The minimum absolute atomic E-state index is 0.697. The fraction of sp³-hybridized carbons (Fsp3) is 0.0526. The molecule has 0 bridgehead atoms. The number of hydrogen-bond acceptors (Lipinski definition) is 5. The highest BCUT2D eigenvalue weighted by molar-refractivity contribution is 5.74. The number of fused-ring (bicyclic) bond motifs is 1. The van der Waals surface area contributed by atoms with Gasteiger partial charge < -0.3 is 9.88 Å². The fourth-order valence-electron chi connectivity index (χ4n) is 3.04. The highest BCUT2D eigenvalue weighted by Gasteiger charge is 2.11. The topological polar surface area (TPSA) is 77.9 Å². The van der Waals surface area contributed by atoms with Crippen molar-refractivity contribution < 1.29 is 0 Å². The van der Waals surface area contributed by atoms with E-state index in [2.05, 4.69) is 25.4 Å². The molecule has 5 aromatic rings. The maximum Gasteiger partial charge on any atom is 0.180 e. The molecule has 8 heteroatoms. The van der Waals surface area contributed by atoms with Crippen molar-refractivity contribution in [3.63, 3.8) is 0 Å². The first kappa shape index (κ1) is 15.3. The molecule has 5 rings (SSSR count). The number of aryl methyl sites for hydroxylation is 1. The van der Waals surface area contributed by atoms with Crippen LogP contribution in [0.4, 0.5) is 11.5 Å². The predicted octanol–water partition coefficient (Wildman–Crippen LogP) is 3.06. The molecule has 0 unspecified atom stereocenters. The van der Waals surface area contributed by atoms with Crippen molar-refractivity contribution in [1.29, 1.82) is 0 Å². The maximum absolute atomic E-state index is 4.55. The van der Waals surface area contributed by atoms with Gasteiger partial charge in [0.25, 0.3) is 0 Å². The lowest BCUT2D eigenvalue weighted by Gasteiger charge is -2.08. The molecule has 1 N–H and O–H groups in total. The summed E-state index contributed by atoms with van der Waals surface area (Å²) in [5, 5.41) is 7.59. The van der Waals surface area contributed by atoms with Crippen LogP contribution in [-0.4, -0.2) is 33.7 Å². The van der Waals surface area contributed by atoms with Gasteiger partial charge in [-0.25, -0.2) is 15.0 Å². The third-order valence-electron chi connectivity index (χ3n) is 4.36. The van der Waals surface area contributed by atoms with Gasteiger partial charge in [-0.2, -0.15) is 5.10 Å². The lowest BCUT2D eigenvalue weighted by atomic mass is 10.2. The lowest BCUT2D eigenvalue weighted by molar-refractivity contribution is 0.768. The summed E-state index contributed by atoms with van der Waals surface area (Å²) in [5.74, 6) is 0.697. The van der Waals surface area contributed by atoms with Gasteiger partial charge >= 0.3 is 0 Å². The van der Waals surface area contributed by atoms with Crippen LogP contribution in [-0.2, 0) is 7.05 Å². The Labute approximate surface area is 154 Å². The molecule has 0 fully saturated rings. The third kappa shape index (κ3) is 2.73. The van der Waals surface area contributed by atoms with Crippen molar-refractivity contribution >= 4 is 17.2 Å². The van der Waals surface area contributed by atoms with Crippen LogP contribution < -0.4 is 5.32 Å². The van der Waals surface area contributed by atoms with E-state index in [1.807, 2.05) is 71.3 Å². The third-order valence-corrected chi connectivity index (χ3v) is 4.36. The summed E-state index contributed by atoms with van der Waals surface area (Å²) in [6.45, 7) is 0. The van der Waals surface area contributed by atoms with Crippen LogP contribution in [0.1, 0.15) is 0 Å². The number of nitrogens with one attached hydrogen (secondary N) is 1. The second-order valence-electron chi connectivity index (χ2n) is 6.16. The summed E-state index contributed by atoms with van der Waals surface area (Å²) in [7, 11) is 1.90. The Morgan fingerprint density at radius 2 is 1.85 bits per heavy atom. The van der Waals surface area contributed by atoms with Gasteiger partial charge in [0, 0.05) is 55.0 Å². The van der Waals surface area contributed by atoms with Crippen molar-refractivity contribution in [3.8, 4) is 16.9 Å². The smallest absolute Gasteiger partial charge is 0.180 e. The number of rotatable bonds is 4. The Morgan fingerprint density at radius 3 is 2.59 bits per heavy atom. The van der Waals surface area contributed by atoms with Gasteiger partial charge in [0.2, 0.25) is 0 Å². The van der Waals surface area contributed by atoms with Gasteiger partial charge in [-0.3, -0.25) is 9.08 Å². The summed E-state index contributed by atoms with van der Waals surface area (Å²) >= 11 is 0. The van der Waals surface area contributed by atoms with E-state index in [-0.39, 0.29) is 0 Å². The molecule has 0 aliphatic carbocycles. The minimum atomic E-state index is 0.697. The van der Waals surface area contributed by atoms with Gasteiger partial charge in [0.1, 0.15) is 0 Å². The molecule has 0 amide bonds. The standard InChI is InChI=1S/C19H16N8/c1-25-12-14(10-23-25)17-11-22-19-18(21-7-9-27(17)19)24-15-2-4-16(5-3-15)26-8-6-20-13-26/h2-13H,1H3,(H,21,24). The van der Waals surface area contributed by atoms with Crippen molar-refractivity contribution in [1.82, 2.24) is 33.7 Å². The van der Waals surface area contributed by atoms with Gasteiger partial charge in [0.15, 0.2) is 11.5 Å². The predicted molar refractivity (Wildman–Crippen MR) is 102 cm³/mol. The van der Waals surface area contributed by atoms with Crippen molar-refractivity contribution in [2.75, 3.05) is 5.32 Å². The van der Waals surface area contributed by atoms with Crippen LogP contribution in [0.25, 0.3) is 22.6 Å². The second kappa shape index (κ2) is 6.10. The van der Waals surface area contributed by atoms with Gasteiger partial charge in [-0.05, 0) is 24.3 Å². The van der Waals surface area contributed by atoms with Crippen molar-refractivity contribution in [2.45, 2.75) is 0 Å². The van der Waals surface area contributed by atoms with Gasteiger partial charge in [-0.15, -0.1) is 0 Å². The van der Waals surface area contributed by atoms with E-state index >= 15 is 0 Å². The zero-order valence-corrected chi connectivity index (χ0v) is 14.6. The Balaban J connectivity index is 1.48. The first-order valence-electron chi connectivity index (χ1n) is 8.44. The highest BCUT2D eigenvalue weighted by Crippen LogP contribution is 2.25. The molecule has 0 aliphatic heterocycles. The molecular weight excluding hydrogens is 340 g/mol. The molecule has 132 valence electrons. The molecule has 4 heterocycles. The molecule has 0 radical (unpaired) electrons. The fourth-order valence-corrected chi connectivity index (χ4v) is 3.04.